The van der Waals surface area contributed by atoms with Crippen LogP contribution in [-0.4, -0.2) is 32.0 Å². The Morgan fingerprint density at radius 2 is 1.94 bits per heavy atom. The lowest BCUT2D eigenvalue weighted by atomic mass is 10.0. The Balaban J connectivity index is 1.64. The maximum atomic E-state index is 13.4. The van der Waals surface area contributed by atoms with Crippen LogP contribution in [0.4, 0.5) is 11.4 Å². The van der Waals surface area contributed by atoms with Crippen molar-refractivity contribution in [2.24, 2.45) is 0 Å². The molecule has 9 heteroatoms. The van der Waals surface area contributed by atoms with Gasteiger partial charge in [-0.15, -0.1) is 0 Å². The summed E-state index contributed by atoms with van der Waals surface area (Å²) >= 11 is 5.93. The molecule has 2 heterocycles. The van der Waals surface area contributed by atoms with E-state index in [2.05, 4.69) is 10.3 Å². The van der Waals surface area contributed by atoms with E-state index < -0.39 is 15.9 Å². The molecule has 3 aromatic rings. The van der Waals surface area contributed by atoms with E-state index in [-0.39, 0.29) is 35.0 Å². The minimum atomic E-state index is -3.85. The van der Waals surface area contributed by atoms with E-state index in [1.807, 2.05) is 13.0 Å². The summed E-state index contributed by atoms with van der Waals surface area (Å²) in [4.78, 5) is 17.3. The van der Waals surface area contributed by atoms with Crippen molar-refractivity contribution in [2.75, 3.05) is 16.2 Å². The molecule has 1 aromatic heterocycles. The molecule has 0 saturated carbocycles. The number of benzene rings is 2. The van der Waals surface area contributed by atoms with Crippen molar-refractivity contribution >= 4 is 38.9 Å². The zero-order valence-electron chi connectivity index (χ0n) is 18.4. The number of ether oxygens (including phenoxy) is 1. The molecule has 0 fully saturated rings. The second-order valence-electron chi connectivity index (χ2n) is 8.09. The predicted octanol–water partition coefficient (Wildman–Crippen LogP) is 4.76. The van der Waals surface area contributed by atoms with E-state index in [0.717, 1.165) is 11.1 Å². The first kappa shape index (κ1) is 23.1. The highest BCUT2D eigenvalue weighted by Crippen LogP contribution is 2.37. The average molecular weight is 486 g/mol. The molecule has 2 atom stereocenters. The van der Waals surface area contributed by atoms with Crippen LogP contribution >= 0.6 is 11.6 Å². The van der Waals surface area contributed by atoms with Crippen molar-refractivity contribution in [2.45, 2.75) is 37.7 Å². The highest BCUT2D eigenvalue weighted by molar-refractivity contribution is 7.92. The van der Waals surface area contributed by atoms with Crippen LogP contribution in [0.15, 0.2) is 65.7 Å². The minimum absolute atomic E-state index is 0.129. The van der Waals surface area contributed by atoms with Crippen molar-refractivity contribution in [1.82, 2.24) is 4.98 Å². The number of amides is 1. The summed E-state index contributed by atoms with van der Waals surface area (Å²) < 4.78 is 33.9. The number of nitrogens with one attached hydrogen (secondary N) is 1. The van der Waals surface area contributed by atoms with Crippen LogP contribution in [0.2, 0.25) is 5.02 Å². The Morgan fingerprint density at radius 3 is 2.64 bits per heavy atom. The lowest BCUT2D eigenvalue weighted by molar-refractivity contribution is -0.117. The Labute approximate surface area is 198 Å². The monoisotopic (exact) mass is 485 g/mol. The van der Waals surface area contributed by atoms with Gasteiger partial charge in [-0.1, -0.05) is 35.9 Å². The fourth-order valence-electron chi connectivity index (χ4n) is 3.62. The number of aryl methyl sites for hydroxylation is 1. The van der Waals surface area contributed by atoms with Crippen molar-refractivity contribution in [1.29, 1.82) is 0 Å². The summed E-state index contributed by atoms with van der Waals surface area (Å²) in [6.07, 6.45) is 1.08. The average Bonchev–Trinajstić information content (AvgIpc) is 2.78. The first-order chi connectivity index (χ1) is 15.6. The van der Waals surface area contributed by atoms with E-state index >= 15 is 0 Å². The Bertz CT molecular complexity index is 1300. The zero-order chi connectivity index (χ0) is 23.8. The Kier molecular flexibility index (Phi) is 6.32. The Hall–Kier alpha value is -3.10. The fraction of sp³-hybridized carbons (Fsp3) is 0.250. The molecule has 1 amide bonds. The van der Waals surface area contributed by atoms with Crippen molar-refractivity contribution < 1.29 is 17.9 Å². The molecule has 0 saturated heterocycles. The van der Waals surface area contributed by atoms with Gasteiger partial charge >= 0.3 is 0 Å². The fourth-order valence-corrected chi connectivity index (χ4v) is 5.38. The molecular weight excluding hydrogens is 462 g/mol. The summed E-state index contributed by atoms with van der Waals surface area (Å²) in [6.45, 7) is 5.53. The van der Waals surface area contributed by atoms with Gasteiger partial charge in [0.1, 0.15) is 11.8 Å². The number of hydrogen-bond donors (Lipinski definition) is 1. The van der Waals surface area contributed by atoms with E-state index in [1.54, 1.807) is 62.4 Å². The van der Waals surface area contributed by atoms with Crippen molar-refractivity contribution in [3.8, 4) is 5.88 Å². The zero-order valence-corrected chi connectivity index (χ0v) is 20.0. The number of fused-ring (bicyclic) bond motifs is 1. The molecule has 2 aromatic carbocycles. The summed E-state index contributed by atoms with van der Waals surface area (Å²) in [5, 5.41) is 3.42. The number of rotatable bonds is 5. The number of carbonyl (C=O) groups is 1. The van der Waals surface area contributed by atoms with Crippen LogP contribution in [0.3, 0.4) is 0 Å². The van der Waals surface area contributed by atoms with Crippen LogP contribution in [-0.2, 0) is 14.8 Å². The number of hydrogen-bond acceptors (Lipinski definition) is 5. The molecule has 0 bridgehead atoms. The number of pyridine rings is 1. The molecule has 172 valence electrons. The van der Waals surface area contributed by atoms with Crippen LogP contribution in [0.25, 0.3) is 0 Å². The van der Waals surface area contributed by atoms with Gasteiger partial charge in [-0.3, -0.25) is 9.10 Å². The van der Waals surface area contributed by atoms with E-state index in [0.29, 0.717) is 10.7 Å². The van der Waals surface area contributed by atoms with Crippen LogP contribution < -0.4 is 14.4 Å². The standard InChI is InChI=1S/C24H24ClN3O4S/c1-15-5-4-6-21(11-15)33(30,31)28-14-16(2)32-24-22(28)12-20(13-26-24)27-23(29)17(3)18-7-9-19(25)10-8-18/h4-13,16-17H,14H2,1-3H3,(H,27,29)/t16-,17?/m0/s1. The maximum absolute atomic E-state index is 13.4. The number of aromatic nitrogens is 1. The molecule has 4 rings (SSSR count). The lowest BCUT2D eigenvalue weighted by Gasteiger charge is -2.33. The number of carbonyl (C=O) groups excluding carboxylic acids is 1. The van der Waals surface area contributed by atoms with Gasteiger partial charge in [-0.05, 0) is 62.2 Å². The van der Waals surface area contributed by atoms with Gasteiger partial charge in [0.15, 0.2) is 0 Å². The summed E-state index contributed by atoms with van der Waals surface area (Å²) in [5.74, 6) is -0.493. The maximum Gasteiger partial charge on any atom is 0.264 e. The highest BCUT2D eigenvalue weighted by Gasteiger charge is 2.34. The normalized spacial score (nSPS) is 16.5. The third kappa shape index (κ3) is 4.82. The van der Waals surface area contributed by atoms with Gasteiger partial charge in [0.05, 0.1) is 29.2 Å². The summed E-state index contributed by atoms with van der Waals surface area (Å²) in [5.41, 5.74) is 2.31. The van der Waals surface area contributed by atoms with E-state index in [9.17, 15) is 13.2 Å². The van der Waals surface area contributed by atoms with Crippen molar-refractivity contribution in [3.63, 3.8) is 0 Å². The van der Waals surface area contributed by atoms with Crippen LogP contribution in [0, 0.1) is 6.92 Å². The molecule has 1 unspecified atom stereocenters. The number of sulfonamides is 1. The largest absolute Gasteiger partial charge is 0.471 e. The van der Waals surface area contributed by atoms with Gasteiger partial charge in [0.25, 0.3) is 10.0 Å². The van der Waals surface area contributed by atoms with Gasteiger partial charge in [-0.25, -0.2) is 13.4 Å². The second-order valence-corrected chi connectivity index (χ2v) is 10.4. The number of nitrogens with zero attached hydrogens (tertiary/aromatic N) is 2. The molecule has 0 aliphatic carbocycles. The van der Waals surface area contributed by atoms with E-state index in [1.165, 1.54) is 10.5 Å². The third-order valence-electron chi connectivity index (χ3n) is 5.45. The topological polar surface area (TPSA) is 88.6 Å². The van der Waals surface area contributed by atoms with Crippen LogP contribution in [0.1, 0.15) is 30.9 Å². The third-order valence-corrected chi connectivity index (χ3v) is 7.47. The van der Waals surface area contributed by atoms with Gasteiger partial charge in [0.2, 0.25) is 11.8 Å². The SMILES string of the molecule is Cc1cccc(S(=O)(=O)N2C[C@H](C)Oc3ncc(NC(=O)C(C)c4ccc(Cl)cc4)cc32)c1. The number of halogens is 1. The van der Waals surface area contributed by atoms with Gasteiger partial charge in [0, 0.05) is 5.02 Å². The van der Waals surface area contributed by atoms with Crippen molar-refractivity contribution in [3.05, 3.63) is 76.9 Å². The molecule has 0 radical (unpaired) electrons. The summed E-state index contributed by atoms with van der Waals surface area (Å²) in [7, 11) is -3.85. The smallest absolute Gasteiger partial charge is 0.264 e. The first-order valence-electron chi connectivity index (χ1n) is 10.5. The Morgan fingerprint density at radius 1 is 1.21 bits per heavy atom. The van der Waals surface area contributed by atoms with Gasteiger partial charge < -0.3 is 10.1 Å². The molecule has 0 spiro atoms. The molecular formula is C24H24ClN3O4S. The lowest BCUT2D eigenvalue weighted by Crippen LogP contribution is -2.42. The predicted molar refractivity (Wildman–Crippen MR) is 129 cm³/mol. The quantitative estimate of drug-likeness (QED) is 0.562. The molecule has 7 nitrogen and oxygen atoms in total. The van der Waals surface area contributed by atoms with Crippen LogP contribution in [0.5, 0.6) is 5.88 Å². The first-order valence-corrected chi connectivity index (χ1v) is 12.3. The van der Waals surface area contributed by atoms with Gasteiger partial charge in [-0.2, -0.15) is 0 Å². The molecule has 1 aliphatic rings. The molecule has 1 N–H and O–H groups in total. The summed E-state index contributed by atoms with van der Waals surface area (Å²) in [6, 6.07) is 15.4. The van der Waals surface area contributed by atoms with E-state index in [4.69, 9.17) is 16.3 Å². The highest BCUT2D eigenvalue weighted by atomic mass is 35.5. The molecule has 1 aliphatic heterocycles. The molecule has 33 heavy (non-hydrogen) atoms. The minimum Gasteiger partial charge on any atom is -0.471 e. The number of anilines is 2. The second kappa shape index (κ2) is 9.03.